The van der Waals surface area contributed by atoms with E-state index in [0.717, 1.165) is 23.8 Å². The van der Waals surface area contributed by atoms with E-state index in [1.807, 2.05) is 24.3 Å². The van der Waals surface area contributed by atoms with Crippen molar-refractivity contribution in [2.75, 3.05) is 6.54 Å². The second kappa shape index (κ2) is 6.21. The van der Waals surface area contributed by atoms with E-state index in [-0.39, 0.29) is 12.3 Å². The van der Waals surface area contributed by atoms with E-state index in [1.54, 1.807) is 12.5 Å². The van der Waals surface area contributed by atoms with Crippen LogP contribution in [0.5, 0.6) is 0 Å². The van der Waals surface area contributed by atoms with E-state index in [0.29, 0.717) is 17.8 Å². The standard InChI is InChI=1S/C15H15N3O3/c19-15(16-7-3-4-11-9-17-20-10-11)8-13-12-5-1-2-6-14(12)21-18-13/h1-2,5-6,9-10H,3-4,7-8H2,(H,16,19). The highest BCUT2D eigenvalue weighted by Gasteiger charge is 2.11. The number of carbonyl (C=O) groups excluding carboxylic acids is 1. The zero-order valence-corrected chi connectivity index (χ0v) is 11.4. The smallest absolute Gasteiger partial charge is 0.226 e. The molecule has 21 heavy (non-hydrogen) atoms. The molecule has 0 radical (unpaired) electrons. The van der Waals surface area contributed by atoms with Gasteiger partial charge in [-0.15, -0.1) is 0 Å². The van der Waals surface area contributed by atoms with E-state index in [2.05, 4.69) is 15.6 Å². The molecular weight excluding hydrogens is 270 g/mol. The van der Waals surface area contributed by atoms with Crippen LogP contribution in [-0.4, -0.2) is 22.8 Å². The number of benzene rings is 1. The molecule has 1 N–H and O–H groups in total. The molecule has 0 fully saturated rings. The van der Waals surface area contributed by atoms with Crippen molar-refractivity contribution < 1.29 is 13.8 Å². The second-order valence-electron chi connectivity index (χ2n) is 4.79. The topological polar surface area (TPSA) is 81.2 Å². The molecule has 0 saturated carbocycles. The molecule has 0 unspecified atom stereocenters. The average molecular weight is 285 g/mol. The number of aromatic nitrogens is 2. The van der Waals surface area contributed by atoms with Gasteiger partial charge in [0.2, 0.25) is 5.91 Å². The van der Waals surface area contributed by atoms with Crippen LogP contribution < -0.4 is 5.32 Å². The Hall–Kier alpha value is -2.63. The molecule has 2 heterocycles. The zero-order chi connectivity index (χ0) is 14.5. The maximum Gasteiger partial charge on any atom is 0.226 e. The van der Waals surface area contributed by atoms with Crippen molar-refractivity contribution >= 4 is 16.9 Å². The molecule has 1 amide bonds. The van der Waals surface area contributed by atoms with Gasteiger partial charge in [-0.25, -0.2) is 0 Å². The third-order valence-corrected chi connectivity index (χ3v) is 3.23. The largest absolute Gasteiger partial charge is 0.364 e. The molecule has 3 aromatic rings. The van der Waals surface area contributed by atoms with Gasteiger partial charge in [0, 0.05) is 17.5 Å². The van der Waals surface area contributed by atoms with Gasteiger partial charge < -0.3 is 14.4 Å². The summed E-state index contributed by atoms with van der Waals surface area (Å²) in [6.45, 7) is 0.611. The van der Waals surface area contributed by atoms with Crippen molar-refractivity contribution in [3.8, 4) is 0 Å². The first-order valence-electron chi connectivity index (χ1n) is 6.81. The van der Waals surface area contributed by atoms with Crippen LogP contribution in [0.15, 0.2) is 45.8 Å². The Bertz CT molecular complexity index is 719. The van der Waals surface area contributed by atoms with E-state index in [1.165, 1.54) is 0 Å². The second-order valence-corrected chi connectivity index (χ2v) is 4.79. The van der Waals surface area contributed by atoms with Crippen LogP contribution in [0.25, 0.3) is 11.0 Å². The lowest BCUT2D eigenvalue weighted by Gasteiger charge is -2.02. The van der Waals surface area contributed by atoms with Gasteiger partial charge in [0.1, 0.15) is 12.0 Å². The number of hydrogen-bond acceptors (Lipinski definition) is 5. The molecule has 6 heteroatoms. The first kappa shape index (κ1) is 13.4. The zero-order valence-electron chi connectivity index (χ0n) is 11.4. The lowest BCUT2D eigenvalue weighted by Crippen LogP contribution is -2.26. The molecule has 0 bridgehead atoms. The van der Waals surface area contributed by atoms with Crippen LogP contribution in [0.1, 0.15) is 17.7 Å². The quantitative estimate of drug-likeness (QED) is 0.701. The Morgan fingerprint density at radius 1 is 1.29 bits per heavy atom. The first-order valence-corrected chi connectivity index (χ1v) is 6.81. The maximum atomic E-state index is 11.9. The van der Waals surface area contributed by atoms with E-state index >= 15 is 0 Å². The number of nitrogens with zero attached hydrogens (tertiary/aromatic N) is 2. The average Bonchev–Trinajstić information content (AvgIpc) is 3.14. The van der Waals surface area contributed by atoms with Gasteiger partial charge in [-0.1, -0.05) is 22.4 Å². The fourth-order valence-electron chi connectivity index (χ4n) is 2.15. The summed E-state index contributed by atoms with van der Waals surface area (Å²) in [6, 6.07) is 7.52. The predicted octanol–water partition coefficient (Wildman–Crippen LogP) is 2.11. The highest BCUT2D eigenvalue weighted by atomic mass is 16.5. The van der Waals surface area contributed by atoms with Crippen LogP contribution in [0.2, 0.25) is 0 Å². The Morgan fingerprint density at radius 3 is 3.05 bits per heavy atom. The van der Waals surface area contributed by atoms with Crippen molar-refractivity contribution in [1.82, 2.24) is 15.6 Å². The van der Waals surface area contributed by atoms with Gasteiger partial charge in [0.05, 0.1) is 12.6 Å². The molecule has 0 aliphatic rings. The summed E-state index contributed by atoms with van der Waals surface area (Å²) in [5, 5.41) is 11.3. The molecule has 0 spiro atoms. The Balaban J connectivity index is 1.48. The minimum Gasteiger partial charge on any atom is -0.364 e. The Kier molecular flexibility index (Phi) is 3.95. The van der Waals surface area contributed by atoms with Gasteiger partial charge in [0.25, 0.3) is 0 Å². The number of fused-ring (bicyclic) bond motifs is 1. The van der Waals surface area contributed by atoms with Crippen molar-refractivity contribution in [3.05, 3.63) is 48.0 Å². The van der Waals surface area contributed by atoms with Gasteiger partial charge >= 0.3 is 0 Å². The summed E-state index contributed by atoms with van der Waals surface area (Å²) in [4.78, 5) is 11.9. The number of amides is 1. The highest BCUT2D eigenvalue weighted by Crippen LogP contribution is 2.17. The summed E-state index contributed by atoms with van der Waals surface area (Å²) >= 11 is 0. The van der Waals surface area contributed by atoms with E-state index in [4.69, 9.17) is 9.05 Å². The summed E-state index contributed by atoms with van der Waals surface area (Å²) in [7, 11) is 0. The van der Waals surface area contributed by atoms with Gasteiger partial charge in [-0.3, -0.25) is 4.79 Å². The number of nitrogens with one attached hydrogen (secondary N) is 1. The number of aryl methyl sites for hydroxylation is 1. The SMILES string of the molecule is O=C(Cc1noc2ccccc12)NCCCc1cnoc1. The van der Waals surface area contributed by atoms with Crippen molar-refractivity contribution in [2.45, 2.75) is 19.3 Å². The number of hydrogen-bond donors (Lipinski definition) is 1. The first-order chi connectivity index (χ1) is 10.3. The molecule has 0 aliphatic heterocycles. The number of carbonyl (C=O) groups is 1. The summed E-state index contributed by atoms with van der Waals surface area (Å²) < 4.78 is 9.92. The minimum atomic E-state index is -0.0561. The molecule has 1 aromatic carbocycles. The van der Waals surface area contributed by atoms with Crippen molar-refractivity contribution in [2.24, 2.45) is 0 Å². The number of para-hydroxylation sites is 1. The molecular formula is C15H15N3O3. The van der Waals surface area contributed by atoms with E-state index in [9.17, 15) is 4.79 Å². The Labute approximate surface area is 121 Å². The normalized spacial score (nSPS) is 10.9. The third kappa shape index (κ3) is 3.28. The van der Waals surface area contributed by atoms with Crippen molar-refractivity contribution in [3.63, 3.8) is 0 Å². The molecule has 0 aliphatic carbocycles. The monoisotopic (exact) mass is 285 g/mol. The van der Waals surface area contributed by atoms with Crippen LogP contribution in [0, 0.1) is 0 Å². The van der Waals surface area contributed by atoms with Gasteiger partial charge in [0.15, 0.2) is 5.58 Å². The van der Waals surface area contributed by atoms with E-state index < -0.39 is 0 Å². The van der Waals surface area contributed by atoms with Gasteiger partial charge in [-0.2, -0.15) is 0 Å². The summed E-state index contributed by atoms with van der Waals surface area (Å²) in [6.07, 6.45) is 5.19. The molecule has 3 rings (SSSR count). The molecule has 6 nitrogen and oxygen atoms in total. The third-order valence-electron chi connectivity index (χ3n) is 3.23. The molecule has 0 atom stereocenters. The lowest BCUT2D eigenvalue weighted by atomic mass is 10.1. The van der Waals surface area contributed by atoms with Gasteiger partial charge in [-0.05, 0) is 25.0 Å². The predicted molar refractivity (Wildman–Crippen MR) is 75.5 cm³/mol. The van der Waals surface area contributed by atoms with Crippen LogP contribution in [-0.2, 0) is 17.6 Å². The molecule has 2 aromatic heterocycles. The molecule has 0 saturated heterocycles. The highest BCUT2D eigenvalue weighted by molar-refractivity contribution is 5.86. The fourth-order valence-corrected chi connectivity index (χ4v) is 2.15. The van der Waals surface area contributed by atoms with Crippen LogP contribution >= 0.6 is 0 Å². The fraction of sp³-hybridized carbons (Fsp3) is 0.267. The number of rotatable bonds is 6. The Morgan fingerprint density at radius 2 is 2.19 bits per heavy atom. The maximum absolute atomic E-state index is 11.9. The van der Waals surface area contributed by atoms with Crippen LogP contribution in [0.3, 0.4) is 0 Å². The minimum absolute atomic E-state index is 0.0561. The van der Waals surface area contributed by atoms with Crippen molar-refractivity contribution in [1.29, 1.82) is 0 Å². The lowest BCUT2D eigenvalue weighted by molar-refractivity contribution is -0.120. The van der Waals surface area contributed by atoms with Crippen LogP contribution in [0.4, 0.5) is 0 Å². The summed E-state index contributed by atoms with van der Waals surface area (Å²) in [5.74, 6) is -0.0561. The molecule has 108 valence electrons. The summed E-state index contributed by atoms with van der Waals surface area (Å²) in [5.41, 5.74) is 2.40.